The maximum atomic E-state index is 11.6. The Morgan fingerprint density at radius 2 is 0.731 bits per heavy atom. The number of hydrogen-bond acceptors (Lipinski definition) is 8. The molecule has 0 heterocycles. The lowest BCUT2D eigenvalue weighted by molar-refractivity contribution is -0.623. The highest BCUT2D eigenvalue weighted by Gasteiger charge is 2.63. The van der Waals surface area contributed by atoms with Crippen LogP contribution < -0.4 is 0 Å². The van der Waals surface area contributed by atoms with Gasteiger partial charge in [-0.05, 0) is 11.8 Å². The predicted molar refractivity (Wildman–Crippen MR) is 86.9 cm³/mol. The first-order valence-electron chi connectivity index (χ1n) is 8.58. The molecule has 2 rings (SSSR count). The Balaban J connectivity index is 2.56. The van der Waals surface area contributed by atoms with Crippen molar-refractivity contribution in [1.29, 1.82) is 0 Å². The van der Waals surface area contributed by atoms with E-state index < -0.39 is 55.7 Å². The first-order valence-corrected chi connectivity index (χ1v) is 8.58. The van der Waals surface area contributed by atoms with Crippen molar-refractivity contribution in [2.75, 3.05) is 0 Å². The van der Waals surface area contributed by atoms with Gasteiger partial charge in [-0.25, -0.2) is 0 Å². The Labute approximate surface area is 148 Å². The zero-order chi connectivity index (χ0) is 19.8. The van der Waals surface area contributed by atoms with E-state index in [1.165, 1.54) is 0 Å². The number of nitrogens with zero attached hydrogens (tertiary/aromatic N) is 4. The Hall–Kier alpha value is -2.40. The van der Waals surface area contributed by atoms with E-state index in [2.05, 4.69) is 0 Å². The molecule has 2 saturated carbocycles. The van der Waals surface area contributed by atoms with Crippen LogP contribution in [0.4, 0.5) is 0 Å². The van der Waals surface area contributed by atoms with Crippen LogP contribution in [0.25, 0.3) is 0 Å². The Kier molecular flexibility index (Phi) is 5.71. The zero-order valence-corrected chi connectivity index (χ0v) is 14.5. The molecule has 12 heteroatoms. The SMILES string of the molecule is CC1CC([N+](=O)[O-])C(C2C([N+](=O)[O-])CC(C)CC2[N+](=O)[O-])C([N+](=O)[O-])C1. The molecule has 4 atom stereocenters. The summed E-state index contributed by atoms with van der Waals surface area (Å²) in [6.45, 7) is 3.31. The van der Waals surface area contributed by atoms with Crippen molar-refractivity contribution >= 4 is 0 Å². The maximum Gasteiger partial charge on any atom is 0.223 e. The maximum absolute atomic E-state index is 11.6. The fraction of sp³-hybridized carbons (Fsp3) is 1.00. The van der Waals surface area contributed by atoms with Crippen LogP contribution in [0.15, 0.2) is 0 Å². The van der Waals surface area contributed by atoms with Crippen LogP contribution in [0.3, 0.4) is 0 Å². The van der Waals surface area contributed by atoms with Crippen LogP contribution in [0, 0.1) is 64.1 Å². The van der Waals surface area contributed by atoms with E-state index in [9.17, 15) is 40.5 Å². The molecule has 146 valence electrons. The van der Waals surface area contributed by atoms with E-state index in [1.807, 2.05) is 0 Å². The summed E-state index contributed by atoms with van der Waals surface area (Å²) >= 11 is 0. The quantitative estimate of drug-likeness (QED) is 0.516. The van der Waals surface area contributed by atoms with Crippen molar-refractivity contribution in [2.24, 2.45) is 23.7 Å². The van der Waals surface area contributed by atoms with Crippen LogP contribution in [0.5, 0.6) is 0 Å². The molecule has 0 saturated heterocycles. The lowest BCUT2D eigenvalue weighted by Gasteiger charge is -2.40. The Morgan fingerprint density at radius 1 is 0.538 bits per heavy atom. The number of rotatable bonds is 5. The second-order valence-electron chi connectivity index (χ2n) is 7.72. The summed E-state index contributed by atoms with van der Waals surface area (Å²) in [4.78, 5) is 43.7. The molecule has 0 aromatic heterocycles. The van der Waals surface area contributed by atoms with Crippen LogP contribution >= 0.6 is 0 Å². The molecule has 0 aliphatic heterocycles. The van der Waals surface area contributed by atoms with Crippen molar-refractivity contribution in [1.82, 2.24) is 0 Å². The molecule has 0 amide bonds. The molecular formula is C14H22N4O8. The van der Waals surface area contributed by atoms with Crippen molar-refractivity contribution in [3.63, 3.8) is 0 Å². The lowest BCUT2D eigenvalue weighted by Crippen LogP contribution is -2.59. The largest absolute Gasteiger partial charge is 0.264 e. The summed E-state index contributed by atoms with van der Waals surface area (Å²) < 4.78 is 0. The minimum absolute atomic E-state index is 0.0307. The fourth-order valence-electron chi connectivity index (χ4n) is 4.92. The van der Waals surface area contributed by atoms with Gasteiger partial charge >= 0.3 is 0 Å². The van der Waals surface area contributed by atoms with Gasteiger partial charge in [-0.3, -0.25) is 40.5 Å². The van der Waals surface area contributed by atoms with Crippen LogP contribution in [0.2, 0.25) is 0 Å². The number of hydrogen-bond donors (Lipinski definition) is 0. The monoisotopic (exact) mass is 374 g/mol. The van der Waals surface area contributed by atoms with Crippen LogP contribution in [0.1, 0.15) is 39.5 Å². The van der Waals surface area contributed by atoms with Gasteiger partial charge in [0.25, 0.3) is 0 Å². The second-order valence-corrected chi connectivity index (χ2v) is 7.72. The lowest BCUT2D eigenvalue weighted by atomic mass is 9.62. The fourth-order valence-corrected chi connectivity index (χ4v) is 4.92. The first-order chi connectivity index (χ1) is 12.0. The van der Waals surface area contributed by atoms with E-state index in [0.717, 1.165) is 0 Å². The highest BCUT2D eigenvalue weighted by molar-refractivity contribution is 4.98. The van der Waals surface area contributed by atoms with Gasteiger partial charge in [0.05, 0.1) is 0 Å². The highest BCUT2D eigenvalue weighted by Crippen LogP contribution is 2.45. The molecule has 0 aromatic rings. The average Bonchev–Trinajstić information content (AvgIpc) is 2.53. The molecule has 0 N–H and O–H groups in total. The number of nitro groups is 4. The third kappa shape index (κ3) is 3.73. The molecule has 0 aromatic carbocycles. The summed E-state index contributed by atoms with van der Waals surface area (Å²) in [6.07, 6.45) is 0.123. The zero-order valence-electron chi connectivity index (χ0n) is 14.5. The summed E-state index contributed by atoms with van der Waals surface area (Å²) in [5.74, 6) is -3.26. The highest BCUT2D eigenvalue weighted by atomic mass is 16.6. The van der Waals surface area contributed by atoms with Crippen molar-refractivity contribution < 1.29 is 19.7 Å². The van der Waals surface area contributed by atoms with E-state index >= 15 is 0 Å². The Bertz CT molecular complexity index is 514. The minimum Gasteiger partial charge on any atom is -0.264 e. The van der Waals surface area contributed by atoms with Crippen molar-refractivity contribution in [3.05, 3.63) is 40.5 Å². The van der Waals surface area contributed by atoms with E-state index in [4.69, 9.17) is 0 Å². The van der Waals surface area contributed by atoms with Gasteiger partial charge in [-0.2, -0.15) is 0 Å². The summed E-state index contributed by atoms with van der Waals surface area (Å²) in [6, 6.07) is -5.56. The van der Waals surface area contributed by atoms with Gasteiger partial charge in [0.2, 0.25) is 24.2 Å². The molecule has 2 fully saturated rings. The van der Waals surface area contributed by atoms with E-state index in [0.29, 0.717) is 0 Å². The van der Waals surface area contributed by atoms with Crippen molar-refractivity contribution in [3.8, 4) is 0 Å². The van der Waals surface area contributed by atoms with Gasteiger partial charge in [0.15, 0.2) is 0 Å². The molecule has 2 aliphatic carbocycles. The normalized spacial score (nSPS) is 40.5. The van der Waals surface area contributed by atoms with Crippen LogP contribution in [-0.4, -0.2) is 43.9 Å². The van der Waals surface area contributed by atoms with Gasteiger partial charge in [-0.1, -0.05) is 13.8 Å². The minimum atomic E-state index is -1.39. The molecular weight excluding hydrogens is 352 g/mol. The molecule has 0 bridgehead atoms. The summed E-state index contributed by atoms with van der Waals surface area (Å²) in [5.41, 5.74) is 0. The van der Waals surface area contributed by atoms with E-state index in [-0.39, 0.29) is 37.5 Å². The standard InChI is InChI=1S/C14H22N4O8/c1-7-3-9(15(19)20)13(10(4-7)16(21)22)14-11(17(23)24)5-8(2)6-12(14)18(25)26/h7-14H,3-6H2,1-2H3. The van der Waals surface area contributed by atoms with Crippen LogP contribution in [-0.2, 0) is 0 Å². The first kappa shape index (κ1) is 19.9. The van der Waals surface area contributed by atoms with Gasteiger partial charge in [0.1, 0.15) is 11.8 Å². The summed E-state index contributed by atoms with van der Waals surface area (Å²) in [5, 5.41) is 46.3. The smallest absolute Gasteiger partial charge is 0.223 e. The third-order valence-corrected chi connectivity index (χ3v) is 5.88. The Morgan fingerprint density at radius 3 is 0.885 bits per heavy atom. The third-order valence-electron chi connectivity index (χ3n) is 5.88. The average molecular weight is 374 g/mol. The van der Waals surface area contributed by atoms with Gasteiger partial charge in [-0.15, -0.1) is 0 Å². The summed E-state index contributed by atoms with van der Waals surface area (Å²) in [7, 11) is 0. The molecule has 26 heavy (non-hydrogen) atoms. The molecule has 12 nitrogen and oxygen atoms in total. The topological polar surface area (TPSA) is 173 Å². The second kappa shape index (κ2) is 7.46. The molecule has 0 radical (unpaired) electrons. The molecule has 4 unspecified atom stereocenters. The van der Waals surface area contributed by atoms with Gasteiger partial charge in [0, 0.05) is 45.4 Å². The van der Waals surface area contributed by atoms with Crippen molar-refractivity contribution in [2.45, 2.75) is 63.7 Å². The van der Waals surface area contributed by atoms with Gasteiger partial charge < -0.3 is 0 Å². The molecule has 0 spiro atoms. The van der Waals surface area contributed by atoms with E-state index in [1.54, 1.807) is 13.8 Å². The predicted octanol–water partition coefficient (Wildman–Crippen LogP) is 1.66. The molecule has 2 aliphatic rings.